The van der Waals surface area contributed by atoms with E-state index in [0.717, 1.165) is 10.2 Å². The van der Waals surface area contributed by atoms with Crippen LogP contribution in [0.1, 0.15) is 18.4 Å². The molecule has 0 N–H and O–H groups in total. The maximum Gasteiger partial charge on any atom is 0.274 e. The molecule has 0 radical (unpaired) electrons. The van der Waals surface area contributed by atoms with Crippen LogP contribution in [0.25, 0.3) is 0 Å². The van der Waals surface area contributed by atoms with Crippen LogP contribution in [0.5, 0.6) is 5.75 Å². The summed E-state index contributed by atoms with van der Waals surface area (Å²) in [6.07, 6.45) is 0.901. The minimum Gasteiger partial charge on any atom is -0.494 e. The predicted octanol–water partition coefficient (Wildman–Crippen LogP) is 4.17. The third-order valence-electron chi connectivity index (χ3n) is 3.62. The van der Waals surface area contributed by atoms with Crippen LogP contribution in [0.15, 0.2) is 53.0 Å². The van der Waals surface area contributed by atoms with Gasteiger partial charge in [-0.3, -0.25) is 14.9 Å². The SMILES string of the molecule is CN(Cc1ccccc1[N+](=O)[O-])C(=O)CCCOc1cccc(Br)c1. The Morgan fingerprint density at radius 3 is 2.72 bits per heavy atom. The van der Waals surface area contributed by atoms with E-state index in [-0.39, 0.29) is 18.1 Å². The number of carbonyl (C=O) groups is 1. The Bertz CT molecular complexity index is 751. The zero-order valence-electron chi connectivity index (χ0n) is 13.9. The van der Waals surface area contributed by atoms with Crippen LogP contribution in [-0.4, -0.2) is 29.4 Å². The quantitative estimate of drug-likeness (QED) is 0.374. The van der Waals surface area contributed by atoms with Crippen LogP contribution in [0.2, 0.25) is 0 Å². The van der Waals surface area contributed by atoms with Crippen molar-refractivity contribution in [1.82, 2.24) is 4.90 Å². The Hall–Kier alpha value is -2.41. The Labute approximate surface area is 154 Å². The van der Waals surface area contributed by atoms with Gasteiger partial charge in [0.25, 0.3) is 5.69 Å². The summed E-state index contributed by atoms with van der Waals surface area (Å²) >= 11 is 3.37. The summed E-state index contributed by atoms with van der Waals surface area (Å²) < 4.78 is 6.53. The number of nitrogens with zero attached hydrogens (tertiary/aromatic N) is 2. The summed E-state index contributed by atoms with van der Waals surface area (Å²) in [4.78, 5) is 24.3. The third kappa shape index (κ3) is 5.86. The number of ether oxygens (including phenoxy) is 1. The Morgan fingerprint density at radius 2 is 2.00 bits per heavy atom. The number of hydrogen-bond acceptors (Lipinski definition) is 4. The fourth-order valence-corrected chi connectivity index (χ4v) is 2.71. The zero-order valence-corrected chi connectivity index (χ0v) is 15.4. The molecule has 0 saturated heterocycles. The van der Waals surface area contributed by atoms with Gasteiger partial charge in [-0.1, -0.05) is 40.2 Å². The molecule has 0 aliphatic carbocycles. The molecular weight excluding hydrogens is 388 g/mol. The highest BCUT2D eigenvalue weighted by atomic mass is 79.9. The average Bonchev–Trinajstić information content (AvgIpc) is 2.59. The second kappa shape index (κ2) is 9.17. The molecule has 7 heteroatoms. The maximum absolute atomic E-state index is 12.2. The predicted molar refractivity (Wildman–Crippen MR) is 98.4 cm³/mol. The molecule has 2 rings (SSSR count). The van der Waals surface area contributed by atoms with E-state index in [9.17, 15) is 14.9 Å². The molecule has 0 saturated carbocycles. The van der Waals surface area contributed by atoms with Crippen molar-refractivity contribution in [2.45, 2.75) is 19.4 Å². The molecule has 25 heavy (non-hydrogen) atoms. The van der Waals surface area contributed by atoms with Crippen molar-refractivity contribution >= 4 is 27.5 Å². The molecule has 1 amide bonds. The number of nitro groups is 1. The summed E-state index contributed by atoms with van der Waals surface area (Å²) in [5, 5.41) is 11.0. The van der Waals surface area contributed by atoms with Crippen molar-refractivity contribution in [3.63, 3.8) is 0 Å². The molecule has 2 aromatic rings. The van der Waals surface area contributed by atoms with Gasteiger partial charge in [0.2, 0.25) is 5.91 Å². The van der Waals surface area contributed by atoms with Crippen molar-refractivity contribution in [3.8, 4) is 5.75 Å². The third-order valence-corrected chi connectivity index (χ3v) is 4.11. The van der Waals surface area contributed by atoms with Crippen molar-refractivity contribution in [3.05, 3.63) is 68.7 Å². The van der Waals surface area contributed by atoms with Gasteiger partial charge in [-0.05, 0) is 24.6 Å². The van der Waals surface area contributed by atoms with Crippen LogP contribution in [0.3, 0.4) is 0 Å². The summed E-state index contributed by atoms with van der Waals surface area (Å²) in [7, 11) is 1.65. The fourth-order valence-electron chi connectivity index (χ4n) is 2.33. The highest BCUT2D eigenvalue weighted by molar-refractivity contribution is 9.10. The van der Waals surface area contributed by atoms with E-state index in [0.29, 0.717) is 25.0 Å². The number of halogens is 1. The number of hydrogen-bond donors (Lipinski definition) is 0. The zero-order chi connectivity index (χ0) is 18.2. The first-order valence-electron chi connectivity index (χ1n) is 7.82. The van der Waals surface area contributed by atoms with Gasteiger partial charge in [0.1, 0.15) is 5.75 Å². The molecule has 0 aliphatic heterocycles. The normalized spacial score (nSPS) is 10.3. The maximum atomic E-state index is 12.2. The second-order valence-corrected chi connectivity index (χ2v) is 6.46. The largest absolute Gasteiger partial charge is 0.494 e. The van der Waals surface area contributed by atoms with Crippen LogP contribution < -0.4 is 4.74 Å². The van der Waals surface area contributed by atoms with Gasteiger partial charge in [0, 0.05) is 29.6 Å². The van der Waals surface area contributed by atoms with E-state index in [4.69, 9.17) is 4.74 Å². The molecule has 0 aliphatic rings. The first-order chi connectivity index (χ1) is 12.0. The van der Waals surface area contributed by atoms with Gasteiger partial charge in [-0.25, -0.2) is 0 Å². The Morgan fingerprint density at radius 1 is 1.24 bits per heavy atom. The molecular formula is C18H19BrN2O4. The molecule has 0 fully saturated rings. The average molecular weight is 407 g/mol. The molecule has 0 heterocycles. The fraction of sp³-hybridized carbons (Fsp3) is 0.278. The number of rotatable bonds is 8. The molecule has 132 valence electrons. The van der Waals surface area contributed by atoms with Crippen molar-refractivity contribution < 1.29 is 14.5 Å². The molecule has 0 aromatic heterocycles. The van der Waals surface area contributed by atoms with Crippen LogP contribution in [0, 0.1) is 10.1 Å². The summed E-state index contributed by atoms with van der Waals surface area (Å²) in [5.74, 6) is 0.672. The van der Waals surface area contributed by atoms with E-state index in [1.165, 1.54) is 11.0 Å². The van der Waals surface area contributed by atoms with Crippen LogP contribution in [-0.2, 0) is 11.3 Å². The van der Waals surface area contributed by atoms with Gasteiger partial charge in [0.15, 0.2) is 0 Å². The van der Waals surface area contributed by atoms with Crippen molar-refractivity contribution in [1.29, 1.82) is 0 Å². The smallest absolute Gasteiger partial charge is 0.274 e. The standard InChI is InChI=1S/C18H19BrN2O4/c1-20(13-14-6-2-3-9-17(14)21(23)24)18(22)10-5-11-25-16-8-4-7-15(19)12-16/h2-4,6-9,12H,5,10-11,13H2,1H3. The van der Waals surface area contributed by atoms with Gasteiger partial charge in [-0.2, -0.15) is 0 Å². The topological polar surface area (TPSA) is 72.7 Å². The molecule has 2 aromatic carbocycles. The lowest BCUT2D eigenvalue weighted by molar-refractivity contribution is -0.385. The van der Waals surface area contributed by atoms with E-state index in [1.54, 1.807) is 25.2 Å². The number of benzene rings is 2. The monoisotopic (exact) mass is 406 g/mol. The van der Waals surface area contributed by atoms with Crippen molar-refractivity contribution in [2.24, 2.45) is 0 Å². The molecule has 0 bridgehead atoms. The van der Waals surface area contributed by atoms with Gasteiger partial charge < -0.3 is 9.64 Å². The number of nitro benzene ring substituents is 1. The highest BCUT2D eigenvalue weighted by Crippen LogP contribution is 2.20. The van der Waals surface area contributed by atoms with Crippen LogP contribution >= 0.6 is 15.9 Å². The van der Waals surface area contributed by atoms with Gasteiger partial charge in [0.05, 0.1) is 18.1 Å². The summed E-state index contributed by atoms with van der Waals surface area (Å²) in [6.45, 7) is 0.643. The Kier molecular flexibility index (Phi) is 6.94. The lowest BCUT2D eigenvalue weighted by atomic mass is 10.1. The Balaban J connectivity index is 1.80. The molecule has 6 nitrogen and oxygen atoms in total. The van der Waals surface area contributed by atoms with E-state index < -0.39 is 4.92 Å². The summed E-state index contributed by atoms with van der Waals surface area (Å²) in [5.41, 5.74) is 0.550. The number of para-hydroxylation sites is 1. The lowest BCUT2D eigenvalue weighted by Crippen LogP contribution is -2.26. The molecule has 0 spiro atoms. The first kappa shape index (κ1) is 18.9. The summed E-state index contributed by atoms with van der Waals surface area (Å²) in [6, 6.07) is 14.0. The minimum absolute atomic E-state index is 0.0279. The molecule has 0 atom stereocenters. The first-order valence-corrected chi connectivity index (χ1v) is 8.61. The number of amides is 1. The molecule has 0 unspecified atom stereocenters. The van der Waals surface area contributed by atoms with Crippen LogP contribution in [0.4, 0.5) is 5.69 Å². The van der Waals surface area contributed by atoms with E-state index >= 15 is 0 Å². The lowest BCUT2D eigenvalue weighted by Gasteiger charge is -2.17. The second-order valence-electron chi connectivity index (χ2n) is 5.55. The number of carbonyl (C=O) groups excluding carboxylic acids is 1. The van der Waals surface area contributed by atoms with E-state index in [2.05, 4.69) is 15.9 Å². The minimum atomic E-state index is -0.431. The highest BCUT2D eigenvalue weighted by Gasteiger charge is 2.16. The van der Waals surface area contributed by atoms with Gasteiger partial charge in [-0.15, -0.1) is 0 Å². The van der Waals surface area contributed by atoms with Gasteiger partial charge >= 0.3 is 0 Å². The van der Waals surface area contributed by atoms with Crippen molar-refractivity contribution in [2.75, 3.05) is 13.7 Å². The van der Waals surface area contributed by atoms with E-state index in [1.807, 2.05) is 24.3 Å².